The van der Waals surface area contributed by atoms with Gasteiger partial charge in [-0.2, -0.15) is 0 Å². The molecular formula is C21H25NO4. The van der Waals surface area contributed by atoms with Crippen LogP contribution in [-0.2, 0) is 19.1 Å². The lowest BCUT2D eigenvalue weighted by Crippen LogP contribution is -2.19. The van der Waals surface area contributed by atoms with Crippen LogP contribution in [0.1, 0.15) is 44.2 Å². The number of carbonyl (C=O) groups excluding carboxylic acids is 2. The lowest BCUT2D eigenvalue weighted by Gasteiger charge is -2.17. The minimum absolute atomic E-state index is 0.0546. The van der Waals surface area contributed by atoms with Crippen LogP contribution < -0.4 is 0 Å². The van der Waals surface area contributed by atoms with Gasteiger partial charge in [0.2, 0.25) is 0 Å². The highest BCUT2D eigenvalue weighted by Gasteiger charge is 2.24. The normalized spacial score (nSPS) is 11.7. The van der Waals surface area contributed by atoms with Gasteiger partial charge in [-0.05, 0) is 44.4 Å². The second kappa shape index (κ2) is 9.13. The van der Waals surface area contributed by atoms with Gasteiger partial charge in [-0.3, -0.25) is 4.98 Å². The average molecular weight is 355 g/mol. The summed E-state index contributed by atoms with van der Waals surface area (Å²) < 4.78 is 10.1. The number of esters is 2. The molecule has 0 fully saturated rings. The number of benzene rings is 1. The Labute approximate surface area is 154 Å². The highest BCUT2D eigenvalue weighted by molar-refractivity contribution is 6.14. The van der Waals surface area contributed by atoms with Crippen LogP contribution in [0.25, 0.3) is 10.9 Å². The molecule has 0 radical (unpaired) electrons. The quantitative estimate of drug-likeness (QED) is 0.324. The number of aryl methyl sites for hydroxylation is 1. The van der Waals surface area contributed by atoms with E-state index in [-0.39, 0.29) is 24.7 Å². The first-order chi connectivity index (χ1) is 12.5. The predicted molar refractivity (Wildman–Crippen MR) is 101 cm³/mol. The van der Waals surface area contributed by atoms with Crippen LogP contribution in [-0.4, -0.2) is 30.1 Å². The SMILES string of the molecule is CCOC(=O)C(=CC(CC)c1ccc2cccnc2c1C)C(=O)OCC. The van der Waals surface area contributed by atoms with Crippen molar-refractivity contribution in [3.05, 3.63) is 53.2 Å². The van der Waals surface area contributed by atoms with Gasteiger partial charge in [-0.25, -0.2) is 9.59 Å². The lowest BCUT2D eigenvalue weighted by atomic mass is 9.89. The fourth-order valence-corrected chi connectivity index (χ4v) is 2.97. The van der Waals surface area contributed by atoms with Crippen molar-refractivity contribution < 1.29 is 19.1 Å². The molecule has 2 aromatic rings. The molecule has 0 bridgehead atoms. The van der Waals surface area contributed by atoms with E-state index in [1.54, 1.807) is 26.1 Å². The van der Waals surface area contributed by atoms with Crippen molar-refractivity contribution in [3.8, 4) is 0 Å². The van der Waals surface area contributed by atoms with E-state index < -0.39 is 11.9 Å². The minimum atomic E-state index is -0.652. The Morgan fingerprint density at radius 3 is 2.31 bits per heavy atom. The van der Waals surface area contributed by atoms with E-state index in [1.807, 2.05) is 38.1 Å². The van der Waals surface area contributed by atoms with E-state index in [2.05, 4.69) is 4.98 Å². The molecule has 5 heteroatoms. The summed E-state index contributed by atoms with van der Waals surface area (Å²) >= 11 is 0. The maximum absolute atomic E-state index is 12.2. The number of carbonyl (C=O) groups is 2. The first-order valence-corrected chi connectivity index (χ1v) is 8.93. The summed E-state index contributed by atoms with van der Waals surface area (Å²) in [5, 5.41) is 1.06. The fraction of sp³-hybridized carbons (Fsp3) is 0.381. The molecule has 0 saturated carbocycles. The molecule has 26 heavy (non-hydrogen) atoms. The van der Waals surface area contributed by atoms with Gasteiger partial charge in [0, 0.05) is 17.5 Å². The zero-order valence-electron chi connectivity index (χ0n) is 15.7. The summed E-state index contributed by atoms with van der Waals surface area (Å²) in [4.78, 5) is 28.9. The van der Waals surface area contributed by atoms with E-state index in [0.717, 1.165) is 28.5 Å². The largest absolute Gasteiger partial charge is 0.462 e. The van der Waals surface area contributed by atoms with Gasteiger partial charge in [0.15, 0.2) is 0 Å². The average Bonchev–Trinajstić information content (AvgIpc) is 2.64. The third kappa shape index (κ3) is 4.28. The van der Waals surface area contributed by atoms with Crippen molar-refractivity contribution in [2.45, 2.75) is 40.0 Å². The lowest BCUT2D eigenvalue weighted by molar-refractivity contribution is -0.146. The zero-order chi connectivity index (χ0) is 19.1. The Balaban J connectivity index is 2.50. The van der Waals surface area contributed by atoms with E-state index in [1.165, 1.54) is 0 Å². The van der Waals surface area contributed by atoms with Crippen LogP contribution in [0.4, 0.5) is 0 Å². The van der Waals surface area contributed by atoms with Crippen LogP contribution in [0.2, 0.25) is 0 Å². The zero-order valence-corrected chi connectivity index (χ0v) is 15.7. The molecule has 0 saturated heterocycles. The number of aromatic nitrogens is 1. The van der Waals surface area contributed by atoms with Crippen molar-refractivity contribution in [2.24, 2.45) is 0 Å². The Morgan fingerprint density at radius 1 is 1.08 bits per heavy atom. The van der Waals surface area contributed by atoms with E-state index in [9.17, 15) is 9.59 Å². The summed E-state index contributed by atoms with van der Waals surface area (Å²) in [6, 6.07) is 7.95. The van der Waals surface area contributed by atoms with E-state index in [4.69, 9.17) is 9.47 Å². The van der Waals surface area contributed by atoms with Gasteiger partial charge in [0.25, 0.3) is 0 Å². The summed E-state index contributed by atoms with van der Waals surface area (Å²) in [5.74, 6) is -1.42. The first-order valence-electron chi connectivity index (χ1n) is 8.93. The van der Waals surface area contributed by atoms with Gasteiger partial charge in [0.05, 0.1) is 18.7 Å². The van der Waals surface area contributed by atoms with Gasteiger partial charge in [-0.15, -0.1) is 0 Å². The highest BCUT2D eigenvalue weighted by Crippen LogP contribution is 2.30. The molecule has 2 rings (SSSR count). The van der Waals surface area contributed by atoms with Crippen LogP contribution in [0.15, 0.2) is 42.1 Å². The van der Waals surface area contributed by atoms with Crippen molar-refractivity contribution in [1.29, 1.82) is 0 Å². The molecule has 0 amide bonds. The highest BCUT2D eigenvalue weighted by atomic mass is 16.6. The maximum atomic E-state index is 12.2. The standard InChI is InChI=1S/C21H25NO4/c1-5-15(13-18(20(23)25-6-2)21(24)26-7-3)17-11-10-16-9-8-12-22-19(16)14(17)4/h8-13,15H,5-7H2,1-4H3. The molecule has 138 valence electrons. The second-order valence-electron chi connectivity index (χ2n) is 5.89. The number of pyridine rings is 1. The van der Waals surface area contributed by atoms with Crippen LogP contribution in [0, 0.1) is 6.92 Å². The van der Waals surface area contributed by atoms with Crippen molar-refractivity contribution >= 4 is 22.8 Å². The number of nitrogens with zero attached hydrogens (tertiary/aromatic N) is 1. The third-order valence-electron chi connectivity index (χ3n) is 4.27. The second-order valence-corrected chi connectivity index (χ2v) is 5.89. The molecule has 1 aromatic heterocycles. The predicted octanol–water partition coefficient (Wildman–Crippen LogP) is 4.09. The van der Waals surface area contributed by atoms with Crippen molar-refractivity contribution in [1.82, 2.24) is 4.98 Å². The number of hydrogen-bond acceptors (Lipinski definition) is 5. The number of rotatable bonds is 7. The molecule has 1 aromatic carbocycles. The maximum Gasteiger partial charge on any atom is 0.345 e. The summed E-state index contributed by atoms with van der Waals surface area (Å²) in [6.45, 7) is 7.83. The Hall–Kier alpha value is -2.69. The fourth-order valence-electron chi connectivity index (χ4n) is 2.97. The summed E-state index contributed by atoms with van der Waals surface area (Å²) in [7, 11) is 0. The monoisotopic (exact) mass is 355 g/mol. The Morgan fingerprint density at radius 2 is 1.73 bits per heavy atom. The Kier molecular flexibility index (Phi) is 6.89. The van der Waals surface area contributed by atoms with Gasteiger partial charge in [-0.1, -0.05) is 31.2 Å². The summed E-state index contributed by atoms with van der Waals surface area (Å²) in [6.07, 6.45) is 4.15. The molecule has 1 heterocycles. The van der Waals surface area contributed by atoms with Gasteiger partial charge < -0.3 is 9.47 Å². The van der Waals surface area contributed by atoms with Crippen molar-refractivity contribution in [3.63, 3.8) is 0 Å². The van der Waals surface area contributed by atoms with Crippen molar-refractivity contribution in [2.75, 3.05) is 13.2 Å². The molecule has 0 aliphatic carbocycles. The molecule has 0 aliphatic rings. The molecule has 1 unspecified atom stereocenters. The van der Waals surface area contributed by atoms with Crippen LogP contribution in [0.5, 0.6) is 0 Å². The summed E-state index contributed by atoms with van der Waals surface area (Å²) in [5.41, 5.74) is 2.94. The number of ether oxygens (including phenoxy) is 2. The molecule has 0 aliphatic heterocycles. The smallest absolute Gasteiger partial charge is 0.345 e. The number of fused-ring (bicyclic) bond motifs is 1. The van der Waals surface area contributed by atoms with Gasteiger partial charge >= 0.3 is 11.9 Å². The molecule has 1 atom stereocenters. The third-order valence-corrected chi connectivity index (χ3v) is 4.27. The molecule has 0 spiro atoms. The van der Waals surface area contributed by atoms with E-state index in [0.29, 0.717) is 0 Å². The van der Waals surface area contributed by atoms with Gasteiger partial charge in [0.1, 0.15) is 5.57 Å². The topological polar surface area (TPSA) is 65.5 Å². The minimum Gasteiger partial charge on any atom is -0.462 e. The number of hydrogen-bond donors (Lipinski definition) is 0. The molecule has 0 N–H and O–H groups in total. The Bertz CT molecular complexity index is 806. The number of allylic oxidation sites excluding steroid dienone is 1. The van der Waals surface area contributed by atoms with E-state index >= 15 is 0 Å². The molecular weight excluding hydrogens is 330 g/mol. The van der Waals surface area contributed by atoms with Crippen LogP contribution >= 0.6 is 0 Å². The first kappa shape index (κ1) is 19.6. The van der Waals surface area contributed by atoms with Crippen LogP contribution in [0.3, 0.4) is 0 Å². The molecule has 5 nitrogen and oxygen atoms in total.